The normalized spacial score (nSPS) is 27.2. The number of aryl methyl sites for hydroxylation is 1. The molecule has 1 aliphatic rings. The van der Waals surface area contributed by atoms with E-state index in [0.29, 0.717) is 0 Å². The van der Waals surface area contributed by atoms with E-state index < -0.39 is 6.10 Å². The van der Waals surface area contributed by atoms with E-state index in [4.69, 9.17) is 4.74 Å². The lowest BCUT2D eigenvalue weighted by atomic mass is 9.91. The maximum Gasteiger partial charge on any atom is 0.101 e. The zero-order valence-corrected chi connectivity index (χ0v) is 9.97. The van der Waals surface area contributed by atoms with Crippen LogP contribution in [-0.2, 0) is 11.3 Å². The van der Waals surface area contributed by atoms with Crippen molar-refractivity contribution in [1.29, 1.82) is 0 Å². The van der Waals surface area contributed by atoms with Gasteiger partial charge in [0.1, 0.15) is 6.10 Å². The van der Waals surface area contributed by atoms with Crippen molar-refractivity contribution in [3.05, 3.63) is 18.0 Å². The van der Waals surface area contributed by atoms with Gasteiger partial charge in [0.05, 0.1) is 11.8 Å². The van der Waals surface area contributed by atoms with E-state index in [1.54, 1.807) is 6.20 Å². The first-order valence-corrected chi connectivity index (χ1v) is 6.09. The van der Waals surface area contributed by atoms with Crippen LogP contribution in [0.15, 0.2) is 12.3 Å². The van der Waals surface area contributed by atoms with Crippen molar-refractivity contribution < 1.29 is 9.84 Å². The first-order valence-electron chi connectivity index (χ1n) is 6.09. The van der Waals surface area contributed by atoms with E-state index in [1.807, 2.05) is 17.7 Å². The molecule has 4 heteroatoms. The Labute approximate surface area is 96.2 Å². The van der Waals surface area contributed by atoms with Crippen molar-refractivity contribution in [1.82, 2.24) is 9.78 Å². The highest BCUT2D eigenvalue weighted by Crippen LogP contribution is 2.34. The number of rotatable bonds is 4. The fraction of sp³-hybridized carbons (Fsp3) is 0.750. The van der Waals surface area contributed by atoms with Gasteiger partial charge in [-0.15, -0.1) is 0 Å². The van der Waals surface area contributed by atoms with Gasteiger partial charge in [0.15, 0.2) is 0 Å². The molecule has 0 spiro atoms. The van der Waals surface area contributed by atoms with Crippen molar-refractivity contribution in [2.45, 2.75) is 45.4 Å². The van der Waals surface area contributed by atoms with Gasteiger partial charge < -0.3 is 9.84 Å². The summed E-state index contributed by atoms with van der Waals surface area (Å²) in [7, 11) is 0. The molecule has 0 saturated carbocycles. The Morgan fingerprint density at radius 3 is 3.12 bits per heavy atom. The molecule has 2 heterocycles. The number of ether oxygens (including phenoxy) is 1. The third-order valence-corrected chi connectivity index (χ3v) is 3.42. The third-order valence-electron chi connectivity index (χ3n) is 3.42. The average Bonchev–Trinajstić information content (AvgIpc) is 2.96. The molecule has 1 saturated heterocycles. The summed E-state index contributed by atoms with van der Waals surface area (Å²) >= 11 is 0. The van der Waals surface area contributed by atoms with Crippen LogP contribution in [-0.4, -0.2) is 27.6 Å². The molecule has 0 bridgehead atoms. The summed E-state index contributed by atoms with van der Waals surface area (Å²) in [6, 6.07) is 1.90. The van der Waals surface area contributed by atoms with Gasteiger partial charge in [0.2, 0.25) is 0 Å². The summed E-state index contributed by atoms with van der Waals surface area (Å²) in [6.45, 7) is 5.70. The average molecular weight is 224 g/mol. The number of aliphatic hydroxyl groups excluding tert-OH is 1. The van der Waals surface area contributed by atoms with E-state index in [1.165, 1.54) is 0 Å². The summed E-state index contributed by atoms with van der Waals surface area (Å²) in [6.07, 6.45) is 3.39. The van der Waals surface area contributed by atoms with Crippen LogP contribution in [0.5, 0.6) is 0 Å². The van der Waals surface area contributed by atoms with Crippen LogP contribution in [0.2, 0.25) is 0 Å². The summed E-state index contributed by atoms with van der Waals surface area (Å²) in [5.41, 5.74) is 0.913. The van der Waals surface area contributed by atoms with Gasteiger partial charge in [-0.1, -0.05) is 6.92 Å². The van der Waals surface area contributed by atoms with Gasteiger partial charge in [0.25, 0.3) is 0 Å². The van der Waals surface area contributed by atoms with Gasteiger partial charge in [-0.3, -0.25) is 4.68 Å². The highest BCUT2D eigenvalue weighted by Gasteiger charge is 2.34. The van der Waals surface area contributed by atoms with E-state index >= 15 is 0 Å². The standard InChI is InChI=1S/C12H20N2O2/c1-3-11-9(6-8-16-11)12(15)10-5-7-13-14(10)4-2/h5,7,9,11-12,15H,3-4,6,8H2,1-2H3. The van der Waals surface area contributed by atoms with Crippen molar-refractivity contribution in [2.75, 3.05) is 6.61 Å². The quantitative estimate of drug-likeness (QED) is 0.847. The smallest absolute Gasteiger partial charge is 0.101 e. The van der Waals surface area contributed by atoms with Crippen LogP contribution in [0, 0.1) is 5.92 Å². The highest BCUT2D eigenvalue weighted by molar-refractivity contribution is 5.07. The minimum Gasteiger partial charge on any atom is -0.386 e. The Kier molecular flexibility index (Phi) is 3.61. The minimum atomic E-state index is -0.449. The fourth-order valence-corrected chi connectivity index (χ4v) is 2.52. The summed E-state index contributed by atoms with van der Waals surface area (Å²) in [5, 5.41) is 14.6. The van der Waals surface area contributed by atoms with Crippen LogP contribution in [0.25, 0.3) is 0 Å². The third kappa shape index (κ3) is 1.99. The Balaban J connectivity index is 2.15. The maximum atomic E-state index is 10.4. The second kappa shape index (κ2) is 4.97. The molecule has 1 aliphatic heterocycles. The topological polar surface area (TPSA) is 47.3 Å². The molecule has 0 amide bonds. The Morgan fingerprint density at radius 2 is 2.44 bits per heavy atom. The van der Waals surface area contributed by atoms with Gasteiger partial charge in [-0.25, -0.2) is 0 Å². The molecule has 3 unspecified atom stereocenters. The summed E-state index contributed by atoms with van der Waals surface area (Å²) in [5.74, 6) is 0.215. The number of hydrogen-bond donors (Lipinski definition) is 1. The summed E-state index contributed by atoms with van der Waals surface area (Å²) < 4.78 is 7.47. The molecule has 3 atom stereocenters. The maximum absolute atomic E-state index is 10.4. The first kappa shape index (κ1) is 11.6. The van der Waals surface area contributed by atoms with Crippen molar-refractivity contribution in [2.24, 2.45) is 5.92 Å². The fourth-order valence-electron chi connectivity index (χ4n) is 2.52. The molecule has 0 radical (unpaired) electrons. The molecule has 4 nitrogen and oxygen atoms in total. The Morgan fingerprint density at radius 1 is 1.62 bits per heavy atom. The van der Waals surface area contributed by atoms with Gasteiger partial charge in [0, 0.05) is 25.3 Å². The molecule has 0 aliphatic carbocycles. The number of aliphatic hydroxyl groups is 1. The van der Waals surface area contributed by atoms with E-state index in [9.17, 15) is 5.11 Å². The van der Waals surface area contributed by atoms with Crippen LogP contribution in [0.3, 0.4) is 0 Å². The second-order valence-corrected chi connectivity index (χ2v) is 4.29. The SMILES string of the molecule is CCC1OCCC1C(O)c1ccnn1CC. The van der Waals surface area contributed by atoms with Crippen molar-refractivity contribution in [3.63, 3.8) is 0 Å². The zero-order valence-electron chi connectivity index (χ0n) is 9.97. The molecule has 1 aromatic rings. The van der Waals surface area contributed by atoms with Crippen LogP contribution < -0.4 is 0 Å². The lowest BCUT2D eigenvalue weighted by Gasteiger charge is -2.23. The van der Waals surface area contributed by atoms with Gasteiger partial charge in [-0.2, -0.15) is 5.10 Å². The second-order valence-electron chi connectivity index (χ2n) is 4.29. The predicted octanol–water partition coefficient (Wildman–Crippen LogP) is 1.75. The Hall–Kier alpha value is -0.870. The first-order chi connectivity index (χ1) is 7.77. The van der Waals surface area contributed by atoms with Gasteiger partial charge >= 0.3 is 0 Å². The molecule has 16 heavy (non-hydrogen) atoms. The number of hydrogen-bond acceptors (Lipinski definition) is 3. The zero-order chi connectivity index (χ0) is 11.5. The minimum absolute atomic E-state index is 0.190. The molecule has 90 valence electrons. The molecular weight excluding hydrogens is 204 g/mol. The molecule has 2 rings (SSSR count). The highest BCUT2D eigenvalue weighted by atomic mass is 16.5. The van der Waals surface area contributed by atoms with E-state index in [-0.39, 0.29) is 12.0 Å². The lowest BCUT2D eigenvalue weighted by Crippen LogP contribution is -2.24. The Bertz CT molecular complexity index is 338. The summed E-state index contributed by atoms with van der Waals surface area (Å²) in [4.78, 5) is 0. The van der Waals surface area contributed by atoms with Crippen LogP contribution in [0.1, 0.15) is 38.5 Å². The van der Waals surface area contributed by atoms with Crippen LogP contribution >= 0.6 is 0 Å². The largest absolute Gasteiger partial charge is 0.386 e. The van der Waals surface area contributed by atoms with Gasteiger partial charge in [-0.05, 0) is 25.8 Å². The molecular formula is C12H20N2O2. The predicted molar refractivity (Wildman–Crippen MR) is 61.0 cm³/mol. The van der Waals surface area contributed by atoms with Crippen molar-refractivity contribution >= 4 is 0 Å². The lowest BCUT2D eigenvalue weighted by molar-refractivity contribution is 0.0269. The number of aromatic nitrogens is 2. The molecule has 0 aromatic carbocycles. The molecule has 1 N–H and O–H groups in total. The number of nitrogens with zero attached hydrogens (tertiary/aromatic N) is 2. The molecule has 1 aromatic heterocycles. The van der Waals surface area contributed by atoms with E-state index in [0.717, 1.165) is 31.7 Å². The van der Waals surface area contributed by atoms with E-state index in [2.05, 4.69) is 12.0 Å². The molecule has 1 fully saturated rings. The monoisotopic (exact) mass is 224 g/mol. The van der Waals surface area contributed by atoms with Crippen molar-refractivity contribution in [3.8, 4) is 0 Å². The van der Waals surface area contributed by atoms with Crippen LogP contribution in [0.4, 0.5) is 0 Å².